The molecule has 0 unspecified atom stereocenters. The highest BCUT2D eigenvalue weighted by Gasteiger charge is 2.25. The Labute approximate surface area is 199 Å². The Morgan fingerprint density at radius 2 is 1.85 bits per heavy atom. The van der Waals surface area contributed by atoms with E-state index in [0.29, 0.717) is 30.6 Å². The van der Waals surface area contributed by atoms with E-state index in [1.165, 1.54) is 30.9 Å². The number of rotatable bonds is 8. The SMILES string of the molecule is COc1ccc(S(=O)(=O)NCc2nc(-c3ccc(C(C)C)cc3)no2)cc1C(=O)N1CCCC1. The van der Waals surface area contributed by atoms with Gasteiger partial charge in [-0.2, -0.15) is 4.98 Å². The van der Waals surface area contributed by atoms with E-state index in [9.17, 15) is 13.2 Å². The Balaban J connectivity index is 1.48. The number of benzene rings is 2. The van der Waals surface area contributed by atoms with Gasteiger partial charge >= 0.3 is 0 Å². The summed E-state index contributed by atoms with van der Waals surface area (Å²) in [5.74, 6) is 1.02. The lowest BCUT2D eigenvalue weighted by Crippen LogP contribution is -2.29. The van der Waals surface area contributed by atoms with Crippen LogP contribution in [0.3, 0.4) is 0 Å². The predicted molar refractivity (Wildman–Crippen MR) is 126 cm³/mol. The molecule has 1 N–H and O–H groups in total. The van der Waals surface area contributed by atoms with Crippen LogP contribution in [0, 0.1) is 0 Å². The molecular weight excluding hydrogens is 456 g/mol. The van der Waals surface area contributed by atoms with Gasteiger partial charge in [0.05, 0.1) is 24.1 Å². The van der Waals surface area contributed by atoms with Gasteiger partial charge in [0.2, 0.25) is 21.7 Å². The van der Waals surface area contributed by atoms with E-state index in [-0.39, 0.29) is 28.8 Å². The van der Waals surface area contributed by atoms with E-state index in [2.05, 4.69) is 28.7 Å². The van der Waals surface area contributed by atoms with Crippen LogP contribution >= 0.6 is 0 Å². The quantitative estimate of drug-likeness (QED) is 0.520. The van der Waals surface area contributed by atoms with Gasteiger partial charge in [0.15, 0.2) is 0 Å². The molecule has 2 aromatic carbocycles. The van der Waals surface area contributed by atoms with Gasteiger partial charge in [-0.05, 0) is 42.5 Å². The third-order valence-corrected chi connectivity index (χ3v) is 7.22. The van der Waals surface area contributed by atoms with Crippen LogP contribution in [0.4, 0.5) is 0 Å². The van der Waals surface area contributed by atoms with Crippen LogP contribution in [0.15, 0.2) is 51.9 Å². The maximum atomic E-state index is 12.9. The number of carbonyl (C=O) groups is 1. The summed E-state index contributed by atoms with van der Waals surface area (Å²) in [7, 11) is -2.49. The molecule has 1 aliphatic heterocycles. The van der Waals surface area contributed by atoms with Crippen LogP contribution in [-0.2, 0) is 16.6 Å². The number of nitrogens with one attached hydrogen (secondary N) is 1. The second-order valence-electron chi connectivity index (χ2n) is 8.47. The first-order valence-electron chi connectivity index (χ1n) is 11.2. The van der Waals surface area contributed by atoms with Crippen molar-refractivity contribution < 1.29 is 22.5 Å². The molecule has 0 radical (unpaired) electrons. The Kier molecular flexibility index (Phi) is 6.99. The average molecular weight is 485 g/mol. The van der Waals surface area contributed by atoms with E-state index in [0.717, 1.165) is 18.4 Å². The third kappa shape index (κ3) is 5.13. The standard InChI is InChI=1S/C24H28N4O5S/c1-16(2)17-6-8-18(9-7-17)23-26-22(33-27-23)15-25-34(30,31)19-10-11-21(32-3)20(14-19)24(29)28-12-4-5-13-28/h6-11,14,16,25H,4-5,12-13,15H2,1-3H3. The summed E-state index contributed by atoms with van der Waals surface area (Å²) in [6, 6.07) is 12.1. The van der Waals surface area contributed by atoms with Crippen molar-refractivity contribution in [3.05, 3.63) is 59.5 Å². The smallest absolute Gasteiger partial charge is 0.257 e. The minimum absolute atomic E-state index is 0.0418. The fraction of sp³-hybridized carbons (Fsp3) is 0.375. The number of methoxy groups -OCH3 is 1. The van der Waals surface area contributed by atoms with Gasteiger partial charge in [0.25, 0.3) is 5.91 Å². The molecule has 1 saturated heterocycles. The Morgan fingerprint density at radius 1 is 1.15 bits per heavy atom. The molecule has 1 amide bonds. The number of carbonyl (C=O) groups excluding carboxylic acids is 1. The van der Waals surface area contributed by atoms with E-state index >= 15 is 0 Å². The Bertz CT molecular complexity index is 1260. The van der Waals surface area contributed by atoms with Gasteiger partial charge in [-0.25, -0.2) is 13.1 Å². The zero-order chi connectivity index (χ0) is 24.3. The molecule has 0 atom stereocenters. The third-order valence-electron chi connectivity index (χ3n) is 5.82. The van der Waals surface area contributed by atoms with Crippen molar-refractivity contribution in [3.63, 3.8) is 0 Å². The van der Waals surface area contributed by atoms with Gasteiger partial charge in [0, 0.05) is 18.7 Å². The number of ether oxygens (including phenoxy) is 1. The molecule has 9 nitrogen and oxygen atoms in total. The minimum atomic E-state index is -3.94. The zero-order valence-electron chi connectivity index (χ0n) is 19.4. The summed E-state index contributed by atoms with van der Waals surface area (Å²) in [6.45, 7) is 5.35. The highest BCUT2D eigenvalue weighted by Crippen LogP contribution is 2.26. The average Bonchev–Trinajstić information content (AvgIpc) is 3.54. The summed E-state index contributed by atoms with van der Waals surface area (Å²) in [5, 5.41) is 3.95. The summed E-state index contributed by atoms with van der Waals surface area (Å²) < 4.78 is 38.8. The molecule has 0 saturated carbocycles. The number of hydrogen-bond donors (Lipinski definition) is 1. The van der Waals surface area contributed by atoms with Gasteiger partial charge in [-0.1, -0.05) is 43.3 Å². The van der Waals surface area contributed by atoms with Crippen molar-refractivity contribution in [1.29, 1.82) is 0 Å². The molecule has 180 valence electrons. The van der Waals surface area contributed by atoms with E-state index in [1.807, 2.05) is 24.3 Å². The van der Waals surface area contributed by atoms with Gasteiger partial charge in [-0.3, -0.25) is 4.79 Å². The van der Waals surface area contributed by atoms with Gasteiger partial charge in [0.1, 0.15) is 5.75 Å². The van der Waals surface area contributed by atoms with E-state index < -0.39 is 10.0 Å². The number of amides is 1. The lowest BCUT2D eigenvalue weighted by molar-refractivity contribution is 0.0789. The highest BCUT2D eigenvalue weighted by molar-refractivity contribution is 7.89. The van der Waals surface area contributed by atoms with Gasteiger partial charge in [-0.15, -0.1) is 0 Å². The fourth-order valence-corrected chi connectivity index (χ4v) is 4.81. The molecule has 0 spiro atoms. The van der Waals surface area contributed by atoms with Crippen LogP contribution < -0.4 is 9.46 Å². The normalized spacial score (nSPS) is 14.1. The molecule has 1 fully saturated rings. The topological polar surface area (TPSA) is 115 Å². The first kappa shape index (κ1) is 23.9. The fourth-order valence-electron chi connectivity index (χ4n) is 3.81. The monoisotopic (exact) mass is 484 g/mol. The summed E-state index contributed by atoms with van der Waals surface area (Å²) in [4.78, 5) is 18.8. The number of sulfonamides is 1. The summed E-state index contributed by atoms with van der Waals surface area (Å²) in [5.41, 5.74) is 2.20. The Hall–Kier alpha value is -3.24. The van der Waals surface area contributed by atoms with E-state index in [1.54, 1.807) is 4.90 Å². The van der Waals surface area contributed by atoms with Crippen molar-refractivity contribution in [2.45, 2.75) is 44.0 Å². The second-order valence-corrected chi connectivity index (χ2v) is 10.2. The predicted octanol–water partition coefficient (Wildman–Crippen LogP) is 3.58. The molecule has 10 heteroatoms. The maximum Gasteiger partial charge on any atom is 0.257 e. The van der Waals surface area contributed by atoms with E-state index in [4.69, 9.17) is 9.26 Å². The van der Waals surface area contributed by atoms with Crippen molar-refractivity contribution in [2.24, 2.45) is 0 Å². The number of aromatic nitrogens is 2. The van der Waals surface area contributed by atoms with Crippen molar-refractivity contribution in [3.8, 4) is 17.1 Å². The number of hydrogen-bond acceptors (Lipinski definition) is 7. The molecule has 1 aliphatic rings. The van der Waals surface area contributed by atoms with Crippen LogP contribution in [0.5, 0.6) is 5.75 Å². The lowest BCUT2D eigenvalue weighted by atomic mass is 10.0. The Morgan fingerprint density at radius 3 is 2.50 bits per heavy atom. The van der Waals surface area contributed by atoms with Crippen molar-refractivity contribution >= 4 is 15.9 Å². The first-order valence-corrected chi connectivity index (χ1v) is 12.7. The molecule has 0 bridgehead atoms. The summed E-state index contributed by atoms with van der Waals surface area (Å²) in [6.07, 6.45) is 1.86. The zero-order valence-corrected chi connectivity index (χ0v) is 20.3. The molecule has 0 aliphatic carbocycles. The molecule has 4 rings (SSSR count). The summed E-state index contributed by atoms with van der Waals surface area (Å²) >= 11 is 0. The van der Waals surface area contributed by atoms with Crippen LogP contribution in [0.25, 0.3) is 11.4 Å². The number of likely N-dealkylation sites (tertiary alicyclic amines) is 1. The molecule has 3 aromatic rings. The van der Waals surface area contributed by atoms with Crippen LogP contribution in [0.1, 0.15) is 54.4 Å². The maximum absolute atomic E-state index is 12.9. The largest absolute Gasteiger partial charge is 0.496 e. The van der Waals surface area contributed by atoms with Crippen LogP contribution in [-0.4, -0.2) is 49.6 Å². The molecule has 34 heavy (non-hydrogen) atoms. The molecule has 2 heterocycles. The minimum Gasteiger partial charge on any atom is -0.496 e. The highest BCUT2D eigenvalue weighted by atomic mass is 32.2. The second kappa shape index (κ2) is 9.94. The van der Waals surface area contributed by atoms with Crippen molar-refractivity contribution in [1.82, 2.24) is 19.8 Å². The van der Waals surface area contributed by atoms with Crippen LogP contribution in [0.2, 0.25) is 0 Å². The van der Waals surface area contributed by atoms with Gasteiger partial charge < -0.3 is 14.2 Å². The number of nitrogens with zero attached hydrogens (tertiary/aromatic N) is 3. The first-order chi connectivity index (χ1) is 16.3. The molecular formula is C24H28N4O5S. The lowest BCUT2D eigenvalue weighted by Gasteiger charge is -2.18. The van der Waals surface area contributed by atoms with Crippen molar-refractivity contribution in [2.75, 3.05) is 20.2 Å². The molecule has 1 aromatic heterocycles.